The minimum absolute atomic E-state index is 0.202. The van der Waals surface area contributed by atoms with Crippen LogP contribution < -0.4 is 10.9 Å². The molecule has 0 saturated carbocycles. The van der Waals surface area contributed by atoms with E-state index < -0.39 is 0 Å². The molecule has 0 amide bonds. The highest BCUT2D eigenvalue weighted by atomic mass is 32.2. The van der Waals surface area contributed by atoms with Gasteiger partial charge in [-0.2, -0.15) is 10.2 Å². The lowest BCUT2D eigenvalue weighted by atomic mass is 10.1. The summed E-state index contributed by atoms with van der Waals surface area (Å²) in [6.07, 6.45) is 0. The molecule has 0 fully saturated rings. The number of benzene rings is 2. The second kappa shape index (κ2) is 7.83. The zero-order valence-electron chi connectivity index (χ0n) is 13.7. The van der Waals surface area contributed by atoms with Crippen LogP contribution in [-0.4, -0.2) is 11.9 Å². The Bertz CT molecular complexity index is 697. The minimum atomic E-state index is 0.202. The van der Waals surface area contributed by atoms with Crippen LogP contribution in [0, 0.1) is 13.8 Å². The molecular formula is C18H22N4S. The van der Waals surface area contributed by atoms with Crippen LogP contribution in [-0.2, 0) is 0 Å². The summed E-state index contributed by atoms with van der Waals surface area (Å²) in [5.41, 5.74) is 4.40. The van der Waals surface area contributed by atoms with Gasteiger partial charge in [-0.1, -0.05) is 54.2 Å². The van der Waals surface area contributed by atoms with Crippen molar-refractivity contribution in [3.63, 3.8) is 0 Å². The van der Waals surface area contributed by atoms with Crippen LogP contribution in [0.3, 0.4) is 0 Å². The molecule has 23 heavy (non-hydrogen) atoms. The number of amidine groups is 1. The molecule has 2 aromatic carbocycles. The van der Waals surface area contributed by atoms with Gasteiger partial charge in [0.15, 0.2) is 0 Å². The maximum atomic E-state index is 5.64. The SMILES string of the molecule is C=NN(/C(=N\N)SC(C)c1ccccc1)c1cc(C)ccc1C. The lowest BCUT2D eigenvalue weighted by Gasteiger charge is -2.23. The average molecular weight is 326 g/mol. The number of rotatable bonds is 4. The van der Waals surface area contributed by atoms with Gasteiger partial charge in [-0.25, -0.2) is 5.01 Å². The Balaban J connectivity index is 2.28. The molecule has 0 bridgehead atoms. The van der Waals surface area contributed by atoms with Crippen LogP contribution in [0.4, 0.5) is 5.69 Å². The zero-order valence-corrected chi connectivity index (χ0v) is 14.5. The summed E-state index contributed by atoms with van der Waals surface area (Å²) in [6, 6.07) is 16.4. The van der Waals surface area contributed by atoms with Crippen LogP contribution in [0.2, 0.25) is 0 Å². The van der Waals surface area contributed by atoms with Gasteiger partial charge in [-0.05, 0) is 43.5 Å². The van der Waals surface area contributed by atoms with Crippen molar-refractivity contribution in [1.29, 1.82) is 0 Å². The number of hydrogen-bond donors (Lipinski definition) is 1. The predicted octanol–water partition coefficient (Wildman–Crippen LogP) is 4.45. The molecule has 2 rings (SSSR count). The highest BCUT2D eigenvalue weighted by Crippen LogP contribution is 2.33. The molecule has 1 unspecified atom stereocenters. The molecule has 0 saturated heterocycles. The Morgan fingerprint density at radius 3 is 2.48 bits per heavy atom. The Labute approximate surface area is 142 Å². The molecule has 120 valence electrons. The number of anilines is 1. The van der Waals surface area contributed by atoms with Crippen molar-refractivity contribution in [3.8, 4) is 0 Å². The summed E-state index contributed by atoms with van der Waals surface area (Å²) in [4.78, 5) is 0. The van der Waals surface area contributed by atoms with E-state index in [1.165, 1.54) is 5.56 Å². The maximum Gasteiger partial charge on any atom is 0.208 e. The molecule has 2 aromatic rings. The van der Waals surface area contributed by atoms with E-state index >= 15 is 0 Å². The van der Waals surface area contributed by atoms with Crippen molar-refractivity contribution in [2.24, 2.45) is 16.0 Å². The van der Waals surface area contributed by atoms with Gasteiger partial charge in [-0.3, -0.25) is 0 Å². The van der Waals surface area contributed by atoms with Crippen LogP contribution in [0.25, 0.3) is 0 Å². The molecular weight excluding hydrogens is 304 g/mol. The van der Waals surface area contributed by atoms with Crippen molar-refractivity contribution in [3.05, 3.63) is 65.2 Å². The molecule has 5 heteroatoms. The molecule has 0 heterocycles. The Hall–Kier alpha value is -2.27. The summed E-state index contributed by atoms with van der Waals surface area (Å²) in [7, 11) is 0. The summed E-state index contributed by atoms with van der Waals surface area (Å²) in [5.74, 6) is 5.64. The predicted molar refractivity (Wildman–Crippen MR) is 102 cm³/mol. The monoisotopic (exact) mass is 326 g/mol. The molecule has 0 radical (unpaired) electrons. The first-order chi connectivity index (χ1) is 11.1. The first-order valence-corrected chi connectivity index (χ1v) is 8.28. The van der Waals surface area contributed by atoms with Gasteiger partial charge in [0.2, 0.25) is 5.17 Å². The van der Waals surface area contributed by atoms with Gasteiger partial charge in [0.25, 0.3) is 0 Å². The first-order valence-electron chi connectivity index (χ1n) is 7.40. The van der Waals surface area contributed by atoms with Crippen molar-refractivity contribution < 1.29 is 0 Å². The minimum Gasteiger partial charge on any atom is -0.321 e. The number of nitrogens with zero attached hydrogens (tertiary/aromatic N) is 3. The van der Waals surface area contributed by atoms with Gasteiger partial charge in [0.1, 0.15) is 0 Å². The summed E-state index contributed by atoms with van der Waals surface area (Å²) >= 11 is 1.56. The third-order valence-corrected chi connectivity index (χ3v) is 4.69. The highest BCUT2D eigenvalue weighted by molar-refractivity contribution is 8.14. The Morgan fingerprint density at radius 2 is 1.87 bits per heavy atom. The molecule has 0 aliphatic heterocycles. The standard InChI is InChI=1S/C18H22N4S/c1-13-10-11-14(2)17(12-13)22(20-4)18(21-19)23-15(3)16-8-6-5-7-9-16/h5-12,15H,4,19H2,1-3H3/b21-18+. The lowest BCUT2D eigenvalue weighted by Crippen LogP contribution is -2.25. The largest absolute Gasteiger partial charge is 0.321 e. The van der Waals surface area contributed by atoms with E-state index in [0.717, 1.165) is 16.8 Å². The zero-order chi connectivity index (χ0) is 16.8. The molecule has 4 nitrogen and oxygen atoms in total. The van der Waals surface area contributed by atoms with E-state index in [-0.39, 0.29) is 5.25 Å². The fourth-order valence-corrected chi connectivity index (χ4v) is 3.20. The van der Waals surface area contributed by atoms with Crippen LogP contribution >= 0.6 is 11.8 Å². The third-order valence-electron chi connectivity index (χ3n) is 3.58. The summed E-state index contributed by atoms with van der Waals surface area (Å²) in [6.45, 7) is 9.88. The number of hydrogen-bond acceptors (Lipinski definition) is 4. The van der Waals surface area contributed by atoms with Gasteiger partial charge >= 0.3 is 0 Å². The topological polar surface area (TPSA) is 54.0 Å². The maximum absolute atomic E-state index is 5.64. The fourth-order valence-electron chi connectivity index (χ4n) is 2.27. The number of nitrogens with two attached hydrogens (primary N) is 1. The third kappa shape index (κ3) is 4.13. The van der Waals surface area contributed by atoms with Gasteiger partial charge in [0, 0.05) is 12.0 Å². The van der Waals surface area contributed by atoms with Crippen molar-refractivity contribution >= 4 is 29.3 Å². The molecule has 1 atom stereocenters. The van der Waals surface area contributed by atoms with E-state index in [2.05, 4.69) is 54.2 Å². The van der Waals surface area contributed by atoms with Crippen LogP contribution in [0.15, 0.2) is 58.7 Å². The summed E-state index contributed by atoms with van der Waals surface area (Å²) < 4.78 is 0. The number of hydrazone groups is 2. The van der Waals surface area contributed by atoms with Crippen molar-refractivity contribution in [2.45, 2.75) is 26.0 Å². The number of aryl methyl sites for hydroxylation is 2. The fraction of sp³-hybridized carbons (Fsp3) is 0.222. The first kappa shape index (κ1) is 17.1. The lowest BCUT2D eigenvalue weighted by molar-refractivity contribution is 1.09. The smallest absolute Gasteiger partial charge is 0.208 e. The summed E-state index contributed by atoms with van der Waals surface area (Å²) in [5, 5.41) is 10.6. The molecule has 2 N–H and O–H groups in total. The second-order valence-corrected chi connectivity index (χ2v) is 6.63. The van der Waals surface area contributed by atoms with Crippen molar-refractivity contribution in [1.82, 2.24) is 0 Å². The number of thioether (sulfide) groups is 1. The van der Waals surface area contributed by atoms with E-state index in [0.29, 0.717) is 5.17 Å². The second-order valence-electron chi connectivity index (χ2n) is 5.33. The molecule has 0 aliphatic rings. The van der Waals surface area contributed by atoms with Gasteiger partial charge in [0.05, 0.1) is 5.69 Å². The molecule has 0 spiro atoms. The quantitative estimate of drug-likeness (QED) is 0.391. The average Bonchev–Trinajstić information content (AvgIpc) is 2.58. The van der Waals surface area contributed by atoms with E-state index in [9.17, 15) is 0 Å². The van der Waals surface area contributed by atoms with Crippen molar-refractivity contribution in [2.75, 3.05) is 5.01 Å². The highest BCUT2D eigenvalue weighted by Gasteiger charge is 2.19. The van der Waals surface area contributed by atoms with Crippen LogP contribution in [0.5, 0.6) is 0 Å². The Morgan fingerprint density at radius 1 is 1.17 bits per heavy atom. The van der Waals surface area contributed by atoms with Gasteiger partial charge in [-0.15, -0.1) is 0 Å². The molecule has 0 aromatic heterocycles. The normalized spacial score (nSPS) is 12.7. The van der Waals surface area contributed by atoms with E-state index in [1.54, 1.807) is 16.8 Å². The van der Waals surface area contributed by atoms with Crippen LogP contribution in [0.1, 0.15) is 28.9 Å². The van der Waals surface area contributed by atoms with E-state index in [1.807, 2.05) is 32.0 Å². The van der Waals surface area contributed by atoms with Gasteiger partial charge < -0.3 is 5.84 Å². The Kier molecular flexibility index (Phi) is 5.82. The molecule has 0 aliphatic carbocycles. The van der Waals surface area contributed by atoms with E-state index in [4.69, 9.17) is 5.84 Å².